The van der Waals surface area contributed by atoms with E-state index in [1.165, 1.54) is 4.90 Å². The van der Waals surface area contributed by atoms with Crippen molar-refractivity contribution in [3.8, 4) is 0 Å². The SMILES string of the molecule is CC(C)CNC(=O)[C@@H](C)N(Cc1cccc(Br)c1)C(=O)CN(c1ccccc1)S(=O)(=O)c1ccc(F)cc1. The second-order valence-corrected chi connectivity index (χ2v) is 12.0. The summed E-state index contributed by atoms with van der Waals surface area (Å²) in [5.41, 5.74) is 1.04. The fourth-order valence-electron chi connectivity index (χ4n) is 3.72. The van der Waals surface area contributed by atoms with Crippen molar-refractivity contribution in [2.75, 3.05) is 17.4 Å². The summed E-state index contributed by atoms with van der Waals surface area (Å²) < 4.78 is 42.6. The van der Waals surface area contributed by atoms with Gasteiger partial charge in [-0.1, -0.05) is 60.1 Å². The molecule has 0 bridgehead atoms. The lowest BCUT2D eigenvalue weighted by Gasteiger charge is -2.32. The summed E-state index contributed by atoms with van der Waals surface area (Å²) in [4.78, 5) is 28.0. The van der Waals surface area contributed by atoms with Crippen LogP contribution >= 0.6 is 15.9 Å². The molecule has 0 saturated carbocycles. The van der Waals surface area contributed by atoms with Crippen molar-refractivity contribution in [1.29, 1.82) is 0 Å². The Kier molecular flexibility index (Phi) is 10.0. The second-order valence-electron chi connectivity index (χ2n) is 9.27. The Hall–Kier alpha value is -3.24. The van der Waals surface area contributed by atoms with Crippen molar-refractivity contribution in [2.45, 2.75) is 38.3 Å². The predicted molar refractivity (Wildman–Crippen MR) is 149 cm³/mol. The van der Waals surface area contributed by atoms with Gasteiger partial charge >= 0.3 is 0 Å². The first-order valence-electron chi connectivity index (χ1n) is 12.1. The van der Waals surface area contributed by atoms with Gasteiger partial charge in [-0.2, -0.15) is 0 Å². The van der Waals surface area contributed by atoms with Crippen LogP contribution in [0.5, 0.6) is 0 Å². The molecule has 3 aromatic rings. The number of anilines is 1. The number of hydrogen-bond donors (Lipinski definition) is 1. The van der Waals surface area contributed by atoms with Gasteiger partial charge in [-0.15, -0.1) is 0 Å². The maximum absolute atomic E-state index is 13.8. The Morgan fingerprint density at radius 3 is 2.21 bits per heavy atom. The third-order valence-electron chi connectivity index (χ3n) is 5.82. The number of carbonyl (C=O) groups excluding carboxylic acids is 2. The number of carbonyl (C=O) groups is 2. The van der Waals surface area contributed by atoms with Gasteiger partial charge in [-0.05, 0) is 66.9 Å². The molecule has 1 atom stereocenters. The van der Waals surface area contributed by atoms with Crippen LogP contribution in [0.2, 0.25) is 0 Å². The van der Waals surface area contributed by atoms with E-state index in [1.54, 1.807) is 37.3 Å². The van der Waals surface area contributed by atoms with Crippen LogP contribution in [-0.2, 0) is 26.2 Å². The number of amides is 2. The molecule has 0 aromatic heterocycles. The van der Waals surface area contributed by atoms with E-state index in [0.29, 0.717) is 6.54 Å². The average Bonchev–Trinajstić information content (AvgIpc) is 2.89. The number of sulfonamides is 1. The van der Waals surface area contributed by atoms with Crippen molar-refractivity contribution in [3.63, 3.8) is 0 Å². The first-order valence-corrected chi connectivity index (χ1v) is 14.4. The van der Waals surface area contributed by atoms with Crippen LogP contribution in [0.1, 0.15) is 26.3 Å². The van der Waals surface area contributed by atoms with Gasteiger partial charge < -0.3 is 10.2 Å². The maximum atomic E-state index is 13.8. The Labute approximate surface area is 231 Å². The fraction of sp³-hybridized carbons (Fsp3) is 0.286. The molecule has 0 unspecified atom stereocenters. The van der Waals surface area contributed by atoms with Gasteiger partial charge in [0, 0.05) is 17.6 Å². The molecule has 0 spiro atoms. The first kappa shape index (κ1) is 29.3. The maximum Gasteiger partial charge on any atom is 0.264 e. The van der Waals surface area contributed by atoms with Gasteiger partial charge in [-0.3, -0.25) is 13.9 Å². The molecule has 0 fully saturated rings. The summed E-state index contributed by atoms with van der Waals surface area (Å²) in [5.74, 6) is -1.26. The van der Waals surface area contributed by atoms with Crippen molar-refractivity contribution in [1.82, 2.24) is 10.2 Å². The third-order valence-corrected chi connectivity index (χ3v) is 8.10. The van der Waals surface area contributed by atoms with Gasteiger partial charge in [-0.25, -0.2) is 12.8 Å². The van der Waals surface area contributed by atoms with Crippen LogP contribution in [0, 0.1) is 11.7 Å². The Morgan fingerprint density at radius 2 is 1.61 bits per heavy atom. The van der Waals surface area contributed by atoms with E-state index >= 15 is 0 Å². The van der Waals surface area contributed by atoms with E-state index in [9.17, 15) is 22.4 Å². The summed E-state index contributed by atoms with van der Waals surface area (Å²) in [6, 6.07) is 19.1. The van der Waals surface area contributed by atoms with Crippen molar-refractivity contribution < 1.29 is 22.4 Å². The van der Waals surface area contributed by atoms with Gasteiger partial charge in [0.05, 0.1) is 10.6 Å². The van der Waals surface area contributed by atoms with Crippen molar-refractivity contribution in [3.05, 3.63) is 94.7 Å². The molecule has 3 rings (SSSR count). The number of nitrogens with one attached hydrogen (secondary N) is 1. The largest absolute Gasteiger partial charge is 0.354 e. The normalized spacial score (nSPS) is 12.2. The molecule has 1 N–H and O–H groups in total. The Morgan fingerprint density at radius 1 is 0.947 bits per heavy atom. The van der Waals surface area contributed by atoms with Gasteiger partial charge in [0.2, 0.25) is 11.8 Å². The summed E-state index contributed by atoms with van der Waals surface area (Å²) >= 11 is 3.43. The number of benzene rings is 3. The summed E-state index contributed by atoms with van der Waals surface area (Å²) in [5, 5.41) is 2.85. The zero-order valence-electron chi connectivity index (χ0n) is 21.5. The van der Waals surface area contributed by atoms with Gasteiger partial charge in [0.25, 0.3) is 10.0 Å². The van der Waals surface area contributed by atoms with Crippen LogP contribution in [0.25, 0.3) is 0 Å². The highest BCUT2D eigenvalue weighted by molar-refractivity contribution is 9.10. The molecule has 0 aliphatic heterocycles. The van der Waals surface area contributed by atoms with Crippen LogP contribution in [0.3, 0.4) is 0 Å². The molecule has 0 saturated heterocycles. The van der Waals surface area contributed by atoms with E-state index in [1.807, 2.05) is 38.1 Å². The smallest absolute Gasteiger partial charge is 0.264 e. The van der Waals surface area contributed by atoms with Crippen molar-refractivity contribution >= 4 is 43.5 Å². The lowest BCUT2D eigenvalue weighted by Crippen LogP contribution is -2.51. The van der Waals surface area contributed by atoms with Crippen molar-refractivity contribution in [2.24, 2.45) is 5.92 Å². The number of halogens is 2. The highest BCUT2D eigenvalue weighted by Gasteiger charge is 2.32. The number of para-hydroxylation sites is 1. The molecule has 10 heteroatoms. The highest BCUT2D eigenvalue weighted by atomic mass is 79.9. The van der Waals surface area contributed by atoms with Crippen LogP contribution in [-0.4, -0.2) is 44.3 Å². The molecule has 0 heterocycles. The van der Waals surface area contributed by atoms with E-state index in [0.717, 1.165) is 38.6 Å². The minimum atomic E-state index is -4.24. The van der Waals surface area contributed by atoms with E-state index in [4.69, 9.17) is 0 Å². The standard InChI is InChI=1S/C28H31BrFN3O4S/c1-20(2)17-31-28(35)21(3)32(18-22-8-7-9-23(29)16-22)27(34)19-33(25-10-5-4-6-11-25)38(36,37)26-14-12-24(30)13-15-26/h4-16,20-21H,17-19H2,1-3H3,(H,31,35)/t21-/m1/s1. The first-order chi connectivity index (χ1) is 18.0. The quantitative estimate of drug-likeness (QED) is 0.335. The minimum Gasteiger partial charge on any atom is -0.354 e. The van der Waals surface area contributed by atoms with Crippen LogP contribution in [0.15, 0.2) is 88.2 Å². The zero-order valence-corrected chi connectivity index (χ0v) is 23.9. The third kappa shape index (κ3) is 7.64. The minimum absolute atomic E-state index is 0.0910. The molecule has 0 aliphatic carbocycles. The Balaban J connectivity index is 1.98. The summed E-state index contributed by atoms with van der Waals surface area (Å²) in [6.07, 6.45) is 0. The molecule has 7 nitrogen and oxygen atoms in total. The number of hydrogen-bond acceptors (Lipinski definition) is 4. The predicted octanol–water partition coefficient (Wildman–Crippen LogP) is 4.97. The molecule has 38 heavy (non-hydrogen) atoms. The van der Waals surface area contributed by atoms with Gasteiger partial charge in [0.1, 0.15) is 18.4 Å². The number of rotatable bonds is 11. The molecule has 0 aliphatic rings. The van der Waals surface area contributed by atoms with Crippen LogP contribution in [0.4, 0.5) is 10.1 Å². The second kappa shape index (κ2) is 13.0. The lowest BCUT2D eigenvalue weighted by atomic mass is 10.1. The topological polar surface area (TPSA) is 86.8 Å². The highest BCUT2D eigenvalue weighted by Crippen LogP contribution is 2.25. The van der Waals surface area contributed by atoms with E-state index in [-0.39, 0.29) is 29.0 Å². The van der Waals surface area contributed by atoms with Crippen LogP contribution < -0.4 is 9.62 Å². The lowest BCUT2D eigenvalue weighted by molar-refractivity contribution is -0.139. The van der Waals surface area contributed by atoms with E-state index in [2.05, 4.69) is 21.2 Å². The van der Waals surface area contributed by atoms with Gasteiger partial charge in [0.15, 0.2) is 0 Å². The zero-order chi connectivity index (χ0) is 27.9. The molecular weight excluding hydrogens is 573 g/mol. The summed E-state index contributed by atoms with van der Waals surface area (Å²) in [7, 11) is -4.24. The molecule has 2 amide bonds. The van der Waals surface area contributed by atoms with E-state index < -0.39 is 34.3 Å². The average molecular weight is 605 g/mol. The molecule has 0 radical (unpaired) electrons. The monoisotopic (exact) mass is 603 g/mol. The summed E-state index contributed by atoms with van der Waals surface area (Å²) in [6.45, 7) is 5.53. The number of nitrogens with zero attached hydrogens (tertiary/aromatic N) is 2. The molecule has 3 aromatic carbocycles. The fourth-order valence-corrected chi connectivity index (χ4v) is 5.58. The molecule has 202 valence electrons. The molecular formula is C28H31BrFN3O4S. The Bertz CT molecular complexity index is 1350.